The minimum atomic E-state index is 0.691. The Morgan fingerprint density at radius 1 is 1.22 bits per heavy atom. The summed E-state index contributed by atoms with van der Waals surface area (Å²) in [5, 5.41) is 0. The molecule has 0 heterocycles. The average Bonchev–Trinajstić information content (AvgIpc) is 1.89. The molecule has 0 aliphatic heterocycles. The summed E-state index contributed by atoms with van der Waals surface area (Å²) < 4.78 is 11.1. The van der Waals surface area contributed by atoms with Gasteiger partial charge >= 0.3 is 0 Å². The topological polar surface area (TPSA) is 0 Å². The molecule has 51 valence electrons. The van der Waals surface area contributed by atoms with Crippen LogP contribution < -0.4 is 0 Å². The van der Waals surface area contributed by atoms with E-state index in [0.29, 0.717) is 6.42 Å². The maximum absolute atomic E-state index is 11.1. The summed E-state index contributed by atoms with van der Waals surface area (Å²) in [5.74, 6) is 2.37. The Labute approximate surface area is 56.5 Å². The van der Waals surface area contributed by atoms with Gasteiger partial charge in [0.15, 0.2) is 0 Å². The monoisotopic (exact) mass is 127 g/mol. The molecule has 0 aliphatic carbocycles. The van der Waals surface area contributed by atoms with Crippen LogP contribution in [0.3, 0.4) is 0 Å². The van der Waals surface area contributed by atoms with Crippen LogP contribution in [0.1, 0.15) is 32.1 Å². The van der Waals surface area contributed by atoms with E-state index in [9.17, 15) is 4.39 Å². The molecule has 9 heavy (non-hydrogen) atoms. The third-order valence-electron chi connectivity index (χ3n) is 1.12. The maximum Gasteiger partial charge on any atom is 0.105 e. The molecule has 0 aromatic carbocycles. The third kappa shape index (κ3) is 7.49. The zero-order valence-corrected chi connectivity index (χ0v) is 5.62. The van der Waals surface area contributed by atoms with Crippen molar-refractivity contribution in [1.82, 2.24) is 0 Å². The Morgan fingerprint density at radius 3 is 2.56 bits per heavy atom. The molecule has 1 radical (unpaired) electrons. The standard InChI is InChI=1S/C8H12F/c1-2-3-4-5-6-7-8-9/h1-6H2. The molecular formula is C8H12F. The molecule has 0 amide bonds. The second kappa shape index (κ2) is 7.49. The van der Waals surface area contributed by atoms with Crippen molar-refractivity contribution in [3.8, 4) is 12.1 Å². The highest BCUT2D eigenvalue weighted by Crippen LogP contribution is 2.00. The van der Waals surface area contributed by atoms with Crippen LogP contribution in [0.15, 0.2) is 0 Å². The maximum atomic E-state index is 11.1. The quantitative estimate of drug-likeness (QED) is 0.402. The Morgan fingerprint density at radius 2 is 2.00 bits per heavy atom. The number of halogens is 1. The van der Waals surface area contributed by atoms with Gasteiger partial charge < -0.3 is 0 Å². The molecule has 0 N–H and O–H groups in total. The van der Waals surface area contributed by atoms with E-state index in [-0.39, 0.29) is 0 Å². The van der Waals surface area contributed by atoms with Crippen LogP contribution in [-0.2, 0) is 0 Å². The zero-order valence-electron chi connectivity index (χ0n) is 5.62. The first kappa shape index (κ1) is 8.49. The van der Waals surface area contributed by atoms with Crippen molar-refractivity contribution < 1.29 is 4.39 Å². The first-order chi connectivity index (χ1) is 4.41. The SMILES string of the molecule is [CH2]CCCCCC#CF. The Hall–Kier alpha value is -0.510. The van der Waals surface area contributed by atoms with E-state index in [0.717, 1.165) is 25.7 Å². The lowest BCUT2D eigenvalue weighted by Gasteiger charge is -1.90. The molecule has 0 aromatic rings. The van der Waals surface area contributed by atoms with Crippen molar-refractivity contribution >= 4 is 0 Å². The van der Waals surface area contributed by atoms with Crippen LogP contribution in [0.2, 0.25) is 0 Å². The molecule has 0 atom stereocenters. The van der Waals surface area contributed by atoms with E-state index in [2.05, 4.69) is 12.8 Å². The minimum Gasteiger partial charge on any atom is -0.144 e. The number of rotatable bonds is 4. The molecule has 0 unspecified atom stereocenters. The van der Waals surface area contributed by atoms with Crippen molar-refractivity contribution in [2.75, 3.05) is 0 Å². The first-order valence-corrected chi connectivity index (χ1v) is 3.29. The smallest absolute Gasteiger partial charge is 0.105 e. The van der Waals surface area contributed by atoms with Gasteiger partial charge in [-0.2, -0.15) is 0 Å². The predicted molar refractivity (Wildman–Crippen MR) is 37.3 cm³/mol. The summed E-state index contributed by atoms with van der Waals surface area (Å²) in [7, 11) is 0. The lowest BCUT2D eigenvalue weighted by molar-refractivity contribution is 0.697. The van der Waals surface area contributed by atoms with E-state index >= 15 is 0 Å². The molecule has 0 aliphatic rings. The first-order valence-electron chi connectivity index (χ1n) is 3.29. The Balaban J connectivity index is 2.80. The van der Waals surface area contributed by atoms with Gasteiger partial charge in [0.1, 0.15) is 6.17 Å². The lowest BCUT2D eigenvalue weighted by atomic mass is 10.2. The highest BCUT2D eigenvalue weighted by molar-refractivity contribution is 4.89. The van der Waals surface area contributed by atoms with Gasteiger partial charge in [0.25, 0.3) is 0 Å². The molecule has 0 rings (SSSR count). The molecule has 0 fully saturated rings. The fraction of sp³-hybridized carbons (Fsp3) is 0.625. The fourth-order valence-electron chi connectivity index (χ4n) is 0.614. The number of unbranched alkanes of at least 4 members (excludes halogenated alkanes) is 4. The summed E-state index contributed by atoms with van der Waals surface area (Å²) in [6.07, 6.45) is 6.31. The van der Waals surface area contributed by atoms with Crippen LogP contribution in [0.25, 0.3) is 0 Å². The van der Waals surface area contributed by atoms with Gasteiger partial charge in [-0.05, 0) is 6.42 Å². The Bertz CT molecular complexity index is 96.9. The van der Waals surface area contributed by atoms with Gasteiger partial charge in [-0.1, -0.05) is 32.1 Å². The molecule has 1 heteroatoms. The second-order valence-corrected chi connectivity index (χ2v) is 1.94. The van der Waals surface area contributed by atoms with Crippen LogP contribution in [-0.4, -0.2) is 0 Å². The van der Waals surface area contributed by atoms with Crippen LogP contribution >= 0.6 is 0 Å². The number of hydrogen-bond donors (Lipinski definition) is 0. The van der Waals surface area contributed by atoms with Gasteiger partial charge in [0.2, 0.25) is 0 Å². The van der Waals surface area contributed by atoms with Gasteiger partial charge in [0, 0.05) is 6.42 Å². The van der Waals surface area contributed by atoms with E-state index in [1.54, 1.807) is 0 Å². The largest absolute Gasteiger partial charge is 0.144 e. The lowest BCUT2D eigenvalue weighted by Crippen LogP contribution is -1.73. The van der Waals surface area contributed by atoms with E-state index in [4.69, 9.17) is 0 Å². The molecular weight excluding hydrogens is 115 g/mol. The zero-order chi connectivity index (χ0) is 6.95. The van der Waals surface area contributed by atoms with E-state index in [1.165, 1.54) is 6.17 Å². The third-order valence-corrected chi connectivity index (χ3v) is 1.12. The van der Waals surface area contributed by atoms with Crippen LogP contribution in [0.4, 0.5) is 4.39 Å². The number of hydrogen-bond acceptors (Lipinski definition) is 0. The van der Waals surface area contributed by atoms with Gasteiger partial charge in [-0.3, -0.25) is 0 Å². The van der Waals surface area contributed by atoms with Crippen LogP contribution in [0.5, 0.6) is 0 Å². The minimum absolute atomic E-state index is 0.691. The van der Waals surface area contributed by atoms with Gasteiger partial charge in [-0.25, -0.2) is 0 Å². The van der Waals surface area contributed by atoms with E-state index < -0.39 is 0 Å². The normalized spacial score (nSPS) is 8.22. The summed E-state index contributed by atoms with van der Waals surface area (Å²) >= 11 is 0. The van der Waals surface area contributed by atoms with E-state index in [1.807, 2.05) is 0 Å². The molecule has 0 aromatic heterocycles. The van der Waals surface area contributed by atoms with Gasteiger partial charge in [0.05, 0.1) is 0 Å². The molecule has 0 saturated carbocycles. The molecule has 0 saturated heterocycles. The molecule has 0 bridgehead atoms. The average molecular weight is 127 g/mol. The van der Waals surface area contributed by atoms with Gasteiger partial charge in [-0.15, -0.1) is 4.39 Å². The molecule has 0 nitrogen and oxygen atoms in total. The van der Waals surface area contributed by atoms with Crippen molar-refractivity contribution in [1.29, 1.82) is 0 Å². The Kier molecular flexibility index (Phi) is 7.07. The van der Waals surface area contributed by atoms with Crippen LogP contribution in [0, 0.1) is 19.0 Å². The summed E-state index contributed by atoms with van der Waals surface area (Å²) in [4.78, 5) is 0. The highest BCUT2D eigenvalue weighted by atomic mass is 19.1. The van der Waals surface area contributed by atoms with Crippen molar-refractivity contribution in [3.63, 3.8) is 0 Å². The summed E-state index contributed by atoms with van der Waals surface area (Å²) in [5.41, 5.74) is 0. The second-order valence-electron chi connectivity index (χ2n) is 1.94. The van der Waals surface area contributed by atoms with Crippen molar-refractivity contribution in [3.05, 3.63) is 6.92 Å². The highest BCUT2D eigenvalue weighted by Gasteiger charge is 1.82. The fourth-order valence-corrected chi connectivity index (χ4v) is 0.614. The summed E-state index contributed by atoms with van der Waals surface area (Å²) in [6.45, 7) is 3.69. The summed E-state index contributed by atoms with van der Waals surface area (Å²) in [6, 6.07) is 0. The molecule has 0 spiro atoms. The predicted octanol–water partition coefficient (Wildman–Crippen LogP) is 2.70. The van der Waals surface area contributed by atoms with Crippen molar-refractivity contribution in [2.45, 2.75) is 32.1 Å². The van der Waals surface area contributed by atoms with Crippen molar-refractivity contribution in [2.24, 2.45) is 0 Å².